The van der Waals surface area contributed by atoms with Gasteiger partial charge in [0.1, 0.15) is 0 Å². The summed E-state index contributed by atoms with van der Waals surface area (Å²) in [6.07, 6.45) is 2.35. The molecule has 4 heteroatoms. The van der Waals surface area contributed by atoms with E-state index in [1.165, 1.54) is 17.5 Å². The highest BCUT2D eigenvalue weighted by Crippen LogP contribution is 2.27. The van der Waals surface area contributed by atoms with Crippen LogP contribution >= 0.6 is 11.3 Å². The number of hydrogen-bond acceptors (Lipinski definition) is 4. The minimum atomic E-state index is 1.06. The van der Waals surface area contributed by atoms with Gasteiger partial charge in [-0.15, -0.1) is 11.3 Å². The summed E-state index contributed by atoms with van der Waals surface area (Å²) in [6, 6.07) is 8.84. The van der Waals surface area contributed by atoms with Gasteiger partial charge in [0.05, 0.1) is 5.69 Å². The van der Waals surface area contributed by atoms with Crippen molar-refractivity contribution < 1.29 is 0 Å². The first-order chi connectivity index (χ1) is 9.86. The second kappa shape index (κ2) is 6.37. The molecule has 1 saturated heterocycles. The molecule has 3 nitrogen and oxygen atoms in total. The maximum Gasteiger partial charge on any atom is 0.185 e. The van der Waals surface area contributed by atoms with E-state index in [0.717, 1.165) is 43.4 Å². The van der Waals surface area contributed by atoms with Crippen LogP contribution in [0.1, 0.15) is 18.9 Å². The maximum atomic E-state index is 4.80. The molecule has 0 saturated carbocycles. The number of piperazine rings is 1. The highest BCUT2D eigenvalue weighted by atomic mass is 32.1. The Morgan fingerprint density at radius 1 is 1.20 bits per heavy atom. The normalized spacial score (nSPS) is 15.6. The van der Waals surface area contributed by atoms with Gasteiger partial charge in [0, 0.05) is 37.1 Å². The lowest BCUT2D eigenvalue weighted by atomic mass is 10.1. The lowest BCUT2D eigenvalue weighted by Gasteiger charge is -2.26. The number of thiazole rings is 1. The SMILES string of the molecule is CCCc1ccc(-c2csc(N3CCNCC3)n2)cc1. The molecule has 0 aliphatic carbocycles. The molecule has 0 radical (unpaired) electrons. The molecule has 1 aliphatic rings. The van der Waals surface area contributed by atoms with Crippen LogP contribution in [-0.4, -0.2) is 31.2 Å². The lowest BCUT2D eigenvalue weighted by Crippen LogP contribution is -2.43. The number of rotatable bonds is 4. The van der Waals surface area contributed by atoms with E-state index in [1.54, 1.807) is 11.3 Å². The molecule has 20 heavy (non-hydrogen) atoms. The van der Waals surface area contributed by atoms with Crippen LogP contribution in [0.5, 0.6) is 0 Å². The Hall–Kier alpha value is -1.39. The summed E-state index contributed by atoms with van der Waals surface area (Å²) < 4.78 is 0. The Morgan fingerprint density at radius 3 is 2.65 bits per heavy atom. The predicted molar refractivity (Wildman–Crippen MR) is 86.6 cm³/mol. The van der Waals surface area contributed by atoms with Gasteiger partial charge in [-0.2, -0.15) is 0 Å². The number of nitrogens with one attached hydrogen (secondary N) is 1. The molecule has 0 unspecified atom stereocenters. The van der Waals surface area contributed by atoms with Crippen LogP contribution in [0.3, 0.4) is 0 Å². The van der Waals surface area contributed by atoms with E-state index < -0.39 is 0 Å². The van der Waals surface area contributed by atoms with Gasteiger partial charge in [-0.3, -0.25) is 0 Å². The van der Waals surface area contributed by atoms with Crippen LogP contribution in [0.4, 0.5) is 5.13 Å². The average Bonchev–Trinajstić information content (AvgIpc) is 2.99. The van der Waals surface area contributed by atoms with Crippen LogP contribution in [0.15, 0.2) is 29.6 Å². The molecule has 0 amide bonds. The van der Waals surface area contributed by atoms with Gasteiger partial charge in [0.2, 0.25) is 0 Å². The van der Waals surface area contributed by atoms with Crippen molar-refractivity contribution in [1.29, 1.82) is 0 Å². The van der Waals surface area contributed by atoms with Crippen LogP contribution in [0.25, 0.3) is 11.3 Å². The first-order valence-corrected chi connectivity index (χ1v) is 8.25. The van der Waals surface area contributed by atoms with Gasteiger partial charge in [-0.05, 0) is 12.0 Å². The number of aryl methyl sites for hydroxylation is 1. The molecule has 0 spiro atoms. The number of hydrogen-bond donors (Lipinski definition) is 1. The standard InChI is InChI=1S/C16H21N3S/c1-2-3-13-4-6-14(7-5-13)15-12-20-16(18-15)19-10-8-17-9-11-19/h4-7,12,17H,2-3,8-11H2,1H3. The summed E-state index contributed by atoms with van der Waals surface area (Å²) in [5.41, 5.74) is 3.74. The number of aromatic nitrogens is 1. The summed E-state index contributed by atoms with van der Waals surface area (Å²) in [4.78, 5) is 7.17. The maximum absolute atomic E-state index is 4.80. The quantitative estimate of drug-likeness (QED) is 0.936. The number of nitrogens with zero attached hydrogens (tertiary/aromatic N) is 2. The van der Waals surface area contributed by atoms with E-state index in [-0.39, 0.29) is 0 Å². The van der Waals surface area contributed by atoms with Crippen LogP contribution in [0.2, 0.25) is 0 Å². The molecule has 106 valence electrons. The Bertz CT molecular complexity index is 541. The van der Waals surface area contributed by atoms with Gasteiger partial charge in [0.25, 0.3) is 0 Å². The molecule has 1 N–H and O–H groups in total. The Morgan fingerprint density at radius 2 is 1.95 bits per heavy atom. The predicted octanol–water partition coefficient (Wildman–Crippen LogP) is 3.17. The van der Waals surface area contributed by atoms with Crippen molar-refractivity contribution in [1.82, 2.24) is 10.3 Å². The van der Waals surface area contributed by atoms with Crippen LogP contribution in [0, 0.1) is 0 Å². The molecular formula is C16H21N3S. The molecule has 1 aliphatic heterocycles. The van der Waals surface area contributed by atoms with Gasteiger partial charge in [-0.25, -0.2) is 4.98 Å². The third-order valence-corrected chi connectivity index (χ3v) is 4.57. The van der Waals surface area contributed by atoms with E-state index in [2.05, 4.69) is 46.8 Å². The minimum Gasteiger partial charge on any atom is -0.346 e. The van der Waals surface area contributed by atoms with Gasteiger partial charge in [-0.1, -0.05) is 37.6 Å². The summed E-state index contributed by atoms with van der Waals surface area (Å²) in [5, 5.41) is 6.70. The summed E-state index contributed by atoms with van der Waals surface area (Å²) in [7, 11) is 0. The smallest absolute Gasteiger partial charge is 0.185 e. The van der Waals surface area contributed by atoms with E-state index >= 15 is 0 Å². The van der Waals surface area contributed by atoms with Gasteiger partial charge >= 0.3 is 0 Å². The minimum absolute atomic E-state index is 1.06. The summed E-state index contributed by atoms with van der Waals surface area (Å²) in [6.45, 7) is 6.44. The second-order valence-corrected chi connectivity index (χ2v) is 6.04. The van der Waals surface area contributed by atoms with Crippen molar-refractivity contribution >= 4 is 16.5 Å². The van der Waals surface area contributed by atoms with E-state index in [4.69, 9.17) is 4.98 Å². The van der Waals surface area contributed by atoms with E-state index in [1.807, 2.05) is 0 Å². The molecular weight excluding hydrogens is 266 g/mol. The topological polar surface area (TPSA) is 28.2 Å². The second-order valence-electron chi connectivity index (χ2n) is 5.20. The number of benzene rings is 1. The highest BCUT2D eigenvalue weighted by Gasteiger charge is 2.14. The first-order valence-electron chi connectivity index (χ1n) is 7.37. The van der Waals surface area contributed by atoms with Crippen LogP contribution < -0.4 is 10.2 Å². The number of anilines is 1. The third-order valence-electron chi connectivity index (χ3n) is 3.67. The summed E-state index contributed by atoms with van der Waals surface area (Å²) in [5.74, 6) is 0. The fourth-order valence-electron chi connectivity index (χ4n) is 2.53. The van der Waals surface area contributed by atoms with Crippen molar-refractivity contribution in [2.45, 2.75) is 19.8 Å². The lowest BCUT2D eigenvalue weighted by molar-refractivity contribution is 0.588. The van der Waals surface area contributed by atoms with Gasteiger partial charge in [0.15, 0.2) is 5.13 Å². The largest absolute Gasteiger partial charge is 0.346 e. The third kappa shape index (κ3) is 3.02. The summed E-state index contributed by atoms with van der Waals surface area (Å²) >= 11 is 1.75. The molecule has 0 bridgehead atoms. The zero-order valence-corrected chi connectivity index (χ0v) is 12.7. The van der Waals surface area contributed by atoms with Crippen molar-refractivity contribution in [2.75, 3.05) is 31.1 Å². The van der Waals surface area contributed by atoms with E-state index in [0.29, 0.717) is 0 Å². The van der Waals surface area contributed by atoms with E-state index in [9.17, 15) is 0 Å². The fraction of sp³-hybridized carbons (Fsp3) is 0.438. The molecule has 1 aromatic heterocycles. The molecule has 1 aromatic carbocycles. The zero-order chi connectivity index (χ0) is 13.8. The zero-order valence-electron chi connectivity index (χ0n) is 11.9. The average molecular weight is 287 g/mol. The molecule has 2 aromatic rings. The highest BCUT2D eigenvalue weighted by molar-refractivity contribution is 7.14. The molecule has 1 fully saturated rings. The molecule has 2 heterocycles. The molecule has 0 atom stereocenters. The Balaban J connectivity index is 1.75. The van der Waals surface area contributed by atoms with Crippen molar-refractivity contribution in [3.63, 3.8) is 0 Å². The monoisotopic (exact) mass is 287 g/mol. The first kappa shape index (κ1) is 13.6. The van der Waals surface area contributed by atoms with Crippen LogP contribution in [-0.2, 0) is 6.42 Å². The van der Waals surface area contributed by atoms with Crippen molar-refractivity contribution in [3.8, 4) is 11.3 Å². The molecule has 3 rings (SSSR count). The fourth-order valence-corrected chi connectivity index (χ4v) is 3.42. The van der Waals surface area contributed by atoms with Gasteiger partial charge < -0.3 is 10.2 Å². The van der Waals surface area contributed by atoms with Crippen molar-refractivity contribution in [2.24, 2.45) is 0 Å². The van der Waals surface area contributed by atoms with Crippen molar-refractivity contribution in [3.05, 3.63) is 35.2 Å². The Labute approximate surface area is 124 Å². The Kier molecular flexibility index (Phi) is 4.33.